The van der Waals surface area contributed by atoms with E-state index in [1.807, 2.05) is 23.6 Å². The molecule has 0 fully saturated rings. The third kappa shape index (κ3) is 2.02. The summed E-state index contributed by atoms with van der Waals surface area (Å²) in [4.78, 5) is 16.4. The zero-order valence-corrected chi connectivity index (χ0v) is 13.7. The number of likely N-dealkylation sites (N-methyl/N-ethyl adjacent to an activating group) is 2. The minimum atomic E-state index is -1.04. The van der Waals surface area contributed by atoms with E-state index in [9.17, 15) is 15.0 Å². The molecule has 2 aromatic rings. The number of nitrogens with zero attached hydrogens (tertiary/aromatic N) is 2. The Hall–Kier alpha value is -2.22. The number of guanidine groups is 1. The first-order valence-electron chi connectivity index (χ1n) is 6.65. The number of nitrogens with one attached hydrogen (secondary N) is 1. The van der Waals surface area contributed by atoms with Crippen LogP contribution in [0, 0.1) is 0 Å². The second kappa shape index (κ2) is 4.91. The number of nitrogens with two attached hydrogens (primary N) is 1. The normalized spacial score (nSPS) is 18.5. The standard InChI is InChI=1S/C14H15BrN4O3/c1-18-5-9(19(2)14(18)16)11-6-3-7(15)10(20)4-8(6)17-12(11)13(21)22/h3-4,9,16-17H,5H2,1-2H3,(H2,20,21,22)/p+1. The van der Waals surface area contributed by atoms with Gasteiger partial charge in [0.25, 0.3) is 0 Å². The number of halogens is 1. The number of aromatic hydroxyl groups is 1. The monoisotopic (exact) mass is 367 g/mol. The Kier molecular flexibility index (Phi) is 3.28. The highest BCUT2D eigenvalue weighted by molar-refractivity contribution is 9.10. The van der Waals surface area contributed by atoms with E-state index in [4.69, 9.17) is 5.73 Å². The lowest BCUT2D eigenvalue weighted by molar-refractivity contribution is -0.491. The van der Waals surface area contributed by atoms with Crippen molar-refractivity contribution in [1.82, 2.24) is 9.88 Å². The predicted molar refractivity (Wildman–Crippen MR) is 85.4 cm³/mol. The molecule has 22 heavy (non-hydrogen) atoms. The summed E-state index contributed by atoms with van der Waals surface area (Å²) in [6.07, 6.45) is 0. The molecule has 1 aromatic heterocycles. The van der Waals surface area contributed by atoms with Crippen molar-refractivity contribution in [2.24, 2.45) is 5.73 Å². The van der Waals surface area contributed by atoms with Gasteiger partial charge >= 0.3 is 11.9 Å². The van der Waals surface area contributed by atoms with Crippen molar-refractivity contribution in [3.05, 3.63) is 27.9 Å². The molecule has 116 valence electrons. The summed E-state index contributed by atoms with van der Waals surface area (Å²) < 4.78 is 2.40. The maximum absolute atomic E-state index is 11.6. The van der Waals surface area contributed by atoms with Crippen molar-refractivity contribution in [2.45, 2.75) is 6.04 Å². The highest BCUT2D eigenvalue weighted by Crippen LogP contribution is 2.37. The Labute approximate surface area is 134 Å². The van der Waals surface area contributed by atoms with E-state index < -0.39 is 5.97 Å². The molecule has 0 radical (unpaired) electrons. The zero-order chi connectivity index (χ0) is 16.2. The number of phenols is 1. The van der Waals surface area contributed by atoms with Gasteiger partial charge in [-0.05, 0) is 22.0 Å². The van der Waals surface area contributed by atoms with Crippen LogP contribution in [0.5, 0.6) is 5.75 Å². The number of benzene rings is 1. The summed E-state index contributed by atoms with van der Waals surface area (Å²) in [6, 6.07) is 3.06. The number of hydrogen-bond acceptors (Lipinski definition) is 4. The highest BCUT2D eigenvalue weighted by atomic mass is 79.9. The summed E-state index contributed by atoms with van der Waals surface area (Å²) in [6.45, 7) is 0.591. The number of rotatable bonds is 2. The molecule has 1 aliphatic heterocycles. The molecule has 0 amide bonds. The molecular weight excluding hydrogens is 352 g/mol. The number of aromatic carboxylic acids is 1. The van der Waals surface area contributed by atoms with E-state index in [1.165, 1.54) is 6.07 Å². The number of fused-ring (bicyclic) bond motifs is 1. The van der Waals surface area contributed by atoms with Crippen LogP contribution in [0.15, 0.2) is 16.6 Å². The number of aromatic nitrogens is 1. The van der Waals surface area contributed by atoms with E-state index in [0.29, 0.717) is 28.1 Å². The molecule has 2 heterocycles. The summed E-state index contributed by atoms with van der Waals surface area (Å²) in [5.74, 6) is -0.392. The number of hydrogen-bond donors (Lipinski definition) is 4. The fourth-order valence-corrected chi connectivity index (χ4v) is 3.27. The minimum absolute atomic E-state index is 0.0557. The molecule has 0 spiro atoms. The molecule has 3 rings (SSSR count). The lowest BCUT2D eigenvalue weighted by Crippen LogP contribution is -2.34. The Morgan fingerprint density at radius 2 is 2.23 bits per heavy atom. The summed E-state index contributed by atoms with van der Waals surface area (Å²) in [5.41, 5.74) is 7.37. The summed E-state index contributed by atoms with van der Waals surface area (Å²) >= 11 is 3.28. The van der Waals surface area contributed by atoms with E-state index in [0.717, 1.165) is 5.39 Å². The van der Waals surface area contributed by atoms with Gasteiger partial charge in [-0.15, -0.1) is 0 Å². The molecule has 0 saturated carbocycles. The van der Waals surface area contributed by atoms with Gasteiger partial charge in [-0.3, -0.25) is 15.2 Å². The van der Waals surface area contributed by atoms with Gasteiger partial charge < -0.3 is 15.2 Å². The molecule has 1 unspecified atom stereocenters. The van der Waals surface area contributed by atoms with Crippen LogP contribution in [0.2, 0.25) is 0 Å². The van der Waals surface area contributed by atoms with Crippen molar-refractivity contribution in [2.75, 3.05) is 20.6 Å². The molecule has 8 heteroatoms. The molecule has 0 aliphatic carbocycles. The Morgan fingerprint density at radius 3 is 2.77 bits per heavy atom. The van der Waals surface area contributed by atoms with Gasteiger partial charge in [0, 0.05) is 17.0 Å². The van der Waals surface area contributed by atoms with Crippen LogP contribution in [-0.2, 0) is 0 Å². The molecular formula is C14H16BrN4O3+. The number of carboxylic acids is 1. The average Bonchev–Trinajstić information content (AvgIpc) is 2.92. The van der Waals surface area contributed by atoms with E-state index in [-0.39, 0.29) is 17.5 Å². The first-order chi connectivity index (χ1) is 10.3. The van der Waals surface area contributed by atoms with Crippen LogP contribution in [0.4, 0.5) is 0 Å². The van der Waals surface area contributed by atoms with Crippen molar-refractivity contribution in [3.63, 3.8) is 0 Å². The van der Waals surface area contributed by atoms with Crippen molar-refractivity contribution >= 4 is 38.8 Å². The number of carbonyl (C=O) groups is 1. The van der Waals surface area contributed by atoms with Gasteiger partial charge in [-0.2, -0.15) is 0 Å². The van der Waals surface area contributed by atoms with Crippen molar-refractivity contribution < 1.29 is 19.6 Å². The lowest BCUT2D eigenvalue weighted by atomic mass is 10.0. The van der Waals surface area contributed by atoms with Crippen LogP contribution in [0.3, 0.4) is 0 Å². The maximum atomic E-state index is 11.6. The Balaban J connectivity index is 2.26. The number of phenolic OH excluding ortho intramolecular Hbond substituents is 1. The lowest BCUT2D eigenvalue weighted by Gasteiger charge is -2.16. The van der Waals surface area contributed by atoms with E-state index in [1.54, 1.807) is 6.07 Å². The highest BCUT2D eigenvalue weighted by Gasteiger charge is 2.38. The maximum Gasteiger partial charge on any atom is 0.352 e. The fraction of sp³-hybridized carbons (Fsp3) is 0.286. The first kappa shape index (κ1) is 14.7. The zero-order valence-electron chi connectivity index (χ0n) is 12.1. The molecule has 1 aliphatic rings. The van der Waals surface area contributed by atoms with E-state index >= 15 is 0 Å². The Morgan fingerprint density at radius 1 is 1.55 bits per heavy atom. The van der Waals surface area contributed by atoms with Crippen molar-refractivity contribution in [3.8, 4) is 5.75 Å². The quantitative estimate of drug-likeness (QED) is 0.598. The second-order valence-corrected chi connectivity index (χ2v) is 6.29. The first-order valence-corrected chi connectivity index (χ1v) is 7.44. The fourth-order valence-electron chi connectivity index (χ4n) is 2.93. The van der Waals surface area contributed by atoms with E-state index in [2.05, 4.69) is 20.9 Å². The van der Waals surface area contributed by atoms with Crippen LogP contribution < -0.4 is 5.73 Å². The molecule has 1 atom stereocenters. The second-order valence-electron chi connectivity index (χ2n) is 5.43. The minimum Gasteiger partial charge on any atom is -0.507 e. The topological polar surface area (TPSA) is 106 Å². The van der Waals surface area contributed by atoms with Crippen molar-refractivity contribution in [1.29, 1.82) is 0 Å². The Bertz CT molecular complexity index is 827. The summed E-state index contributed by atoms with van der Waals surface area (Å²) in [5, 5.41) is 20.1. The predicted octanol–water partition coefficient (Wildman–Crippen LogP) is 1.28. The largest absolute Gasteiger partial charge is 0.507 e. The molecule has 5 N–H and O–H groups in total. The number of aromatic amines is 1. The van der Waals surface area contributed by atoms with Gasteiger partial charge in [0.15, 0.2) is 0 Å². The number of H-pyrrole nitrogens is 1. The van der Waals surface area contributed by atoms with Gasteiger partial charge in [-0.25, -0.2) is 4.79 Å². The van der Waals surface area contributed by atoms with Gasteiger partial charge in [0.1, 0.15) is 24.0 Å². The van der Waals surface area contributed by atoms with Gasteiger partial charge in [0.05, 0.1) is 24.1 Å². The van der Waals surface area contributed by atoms with Crippen LogP contribution in [0.1, 0.15) is 22.1 Å². The third-order valence-electron chi connectivity index (χ3n) is 4.12. The molecule has 0 bridgehead atoms. The smallest absolute Gasteiger partial charge is 0.352 e. The molecule has 0 saturated heterocycles. The van der Waals surface area contributed by atoms with Gasteiger partial charge in [0.2, 0.25) is 0 Å². The average molecular weight is 368 g/mol. The summed E-state index contributed by atoms with van der Waals surface area (Å²) in [7, 11) is 3.70. The van der Waals surface area contributed by atoms with Crippen LogP contribution >= 0.6 is 15.9 Å². The third-order valence-corrected chi connectivity index (χ3v) is 4.76. The molecule has 1 aromatic carbocycles. The van der Waals surface area contributed by atoms with Crippen LogP contribution in [0.25, 0.3) is 10.9 Å². The SMILES string of the molecule is CN1C(N)=[N+](C)CC1c1c(C(=O)O)[nH]c2cc(O)c(Br)cc12. The van der Waals surface area contributed by atoms with Gasteiger partial charge in [-0.1, -0.05) is 0 Å². The number of carboxylic acid groups (broad SMARTS) is 1. The molecule has 7 nitrogen and oxygen atoms in total. The van der Waals surface area contributed by atoms with Crippen LogP contribution in [-0.4, -0.2) is 57.2 Å².